The van der Waals surface area contributed by atoms with Crippen LogP contribution < -0.4 is 19.5 Å². The second-order valence-corrected chi connectivity index (χ2v) is 6.63. The summed E-state index contributed by atoms with van der Waals surface area (Å²) in [5, 5.41) is 2.93. The Morgan fingerprint density at radius 1 is 1.04 bits per heavy atom. The number of nitrogens with one attached hydrogen (secondary N) is 1. The number of benzene rings is 2. The summed E-state index contributed by atoms with van der Waals surface area (Å²) in [4.78, 5) is 12.5. The zero-order valence-corrected chi connectivity index (χ0v) is 16.6. The molecule has 2 rings (SSSR count). The van der Waals surface area contributed by atoms with Gasteiger partial charge in [0.15, 0.2) is 11.5 Å². The van der Waals surface area contributed by atoms with Gasteiger partial charge in [0.25, 0.3) is 5.91 Å². The molecule has 2 aromatic carbocycles. The van der Waals surface area contributed by atoms with Crippen LogP contribution in [0.5, 0.6) is 17.2 Å². The van der Waals surface area contributed by atoms with Crippen molar-refractivity contribution >= 4 is 5.91 Å². The molecule has 146 valence electrons. The van der Waals surface area contributed by atoms with Crippen molar-refractivity contribution in [1.82, 2.24) is 5.32 Å². The lowest BCUT2D eigenvalue weighted by molar-refractivity contribution is 0.0947. The van der Waals surface area contributed by atoms with Crippen LogP contribution in [0.1, 0.15) is 43.1 Å². The first-order valence-corrected chi connectivity index (χ1v) is 9.34. The van der Waals surface area contributed by atoms with E-state index in [1.165, 1.54) is 0 Å². The third-order valence-electron chi connectivity index (χ3n) is 4.07. The summed E-state index contributed by atoms with van der Waals surface area (Å²) in [5.74, 6) is 2.39. The van der Waals surface area contributed by atoms with Gasteiger partial charge in [-0.2, -0.15) is 0 Å². The highest BCUT2D eigenvalue weighted by Gasteiger charge is 2.12. The van der Waals surface area contributed by atoms with Crippen LogP contribution >= 0.6 is 0 Å². The molecule has 0 aromatic heterocycles. The Hall–Kier alpha value is -2.69. The molecule has 2 aromatic rings. The molecule has 0 saturated heterocycles. The van der Waals surface area contributed by atoms with Gasteiger partial charge in [0.2, 0.25) is 0 Å². The minimum atomic E-state index is -0.171. The SMILES string of the molecule is CCOc1ccccc1C(=O)NCc1ccc(OCCC(C)C)c(OC)c1. The average Bonchev–Trinajstić information content (AvgIpc) is 2.67. The first-order chi connectivity index (χ1) is 13.0. The van der Waals surface area contributed by atoms with E-state index in [4.69, 9.17) is 14.2 Å². The van der Waals surface area contributed by atoms with Crippen molar-refractivity contribution in [2.45, 2.75) is 33.7 Å². The van der Waals surface area contributed by atoms with Crippen LogP contribution in [0.25, 0.3) is 0 Å². The molecule has 0 fully saturated rings. The van der Waals surface area contributed by atoms with Gasteiger partial charge in [0, 0.05) is 6.54 Å². The molecule has 5 heteroatoms. The smallest absolute Gasteiger partial charge is 0.255 e. The maximum absolute atomic E-state index is 12.5. The highest BCUT2D eigenvalue weighted by atomic mass is 16.5. The summed E-state index contributed by atoms with van der Waals surface area (Å²) in [6.45, 7) is 7.78. The van der Waals surface area contributed by atoms with Gasteiger partial charge in [0.1, 0.15) is 5.75 Å². The molecular formula is C22H29NO4. The third kappa shape index (κ3) is 6.20. The molecule has 0 heterocycles. The van der Waals surface area contributed by atoms with Crippen LogP contribution in [0, 0.1) is 5.92 Å². The summed E-state index contributed by atoms with van der Waals surface area (Å²) in [6.07, 6.45) is 0.986. The molecular weight excluding hydrogens is 342 g/mol. The Balaban J connectivity index is 2.00. The van der Waals surface area contributed by atoms with Crippen LogP contribution in [0.3, 0.4) is 0 Å². The fourth-order valence-electron chi connectivity index (χ4n) is 2.56. The minimum Gasteiger partial charge on any atom is -0.493 e. The van der Waals surface area contributed by atoms with E-state index in [0.717, 1.165) is 17.7 Å². The average molecular weight is 371 g/mol. The number of ether oxygens (including phenoxy) is 3. The number of hydrogen-bond donors (Lipinski definition) is 1. The fraction of sp³-hybridized carbons (Fsp3) is 0.409. The van der Waals surface area contributed by atoms with Crippen molar-refractivity contribution in [2.75, 3.05) is 20.3 Å². The van der Waals surface area contributed by atoms with Gasteiger partial charge in [-0.25, -0.2) is 0 Å². The molecule has 5 nitrogen and oxygen atoms in total. The van der Waals surface area contributed by atoms with Gasteiger partial charge in [-0.1, -0.05) is 32.0 Å². The van der Waals surface area contributed by atoms with Crippen molar-refractivity contribution in [3.63, 3.8) is 0 Å². The number of rotatable bonds is 10. The molecule has 0 spiro atoms. The standard InChI is InChI=1S/C22H29NO4/c1-5-26-19-9-7-6-8-18(19)22(24)23-15-17-10-11-20(21(14-17)25-4)27-13-12-16(2)3/h6-11,14,16H,5,12-13,15H2,1-4H3,(H,23,24). The predicted octanol–water partition coefficient (Wildman–Crippen LogP) is 4.45. The number of methoxy groups -OCH3 is 1. The fourth-order valence-corrected chi connectivity index (χ4v) is 2.56. The van der Waals surface area contributed by atoms with Gasteiger partial charge in [-0.05, 0) is 49.1 Å². The lowest BCUT2D eigenvalue weighted by atomic mass is 10.1. The van der Waals surface area contributed by atoms with Crippen LogP contribution in [0.2, 0.25) is 0 Å². The molecule has 0 saturated carbocycles. The van der Waals surface area contributed by atoms with Gasteiger partial charge < -0.3 is 19.5 Å². The second kappa shape index (κ2) is 10.5. The molecule has 0 aliphatic carbocycles. The quantitative estimate of drug-likeness (QED) is 0.670. The maximum atomic E-state index is 12.5. The molecule has 0 bridgehead atoms. The van der Waals surface area contributed by atoms with E-state index in [-0.39, 0.29) is 5.91 Å². The highest BCUT2D eigenvalue weighted by Crippen LogP contribution is 2.28. The first-order valence-electron chi connectivity index (χ1n) is 9.34. The second-order valence-electron chi connectivity index (χ2n) is 6.63. The topological polar surface area (TPSA) is 56.8 Å². The van der Waals surface area contributed by atoms with E-state index >= 15 is 0 Å². The van der Waals surface area contributed by atoms with Crippen molar-refractivity contribution in [3.8, 4) is 17.2 Å². The number of para-hydroxylation sites is 1. The summed E-state index contributed by atoms with van der Waals surface area (Å²) in [7, 11) is 1.62. The van der Waals surface area contributed by atoms with E-state index in [9.17, 15) is 4.79 Å². The molecule has 0 aliphatic heterocycles. The molecule has 1 amide bonds. The molecule has 0 atom stereocenters. The molecule has 0 radical (unpaired) electrons. The number of carbonyl (C=O) groups is 1. The Labute approximate surface area is 161 Å². The van der Waals surface area contributed by atoms with Crippen LogP contribution in [0.4, 0.5) is 0 Å². The molecule has 27 heavy (non-hydrogen) atoms. The number of carbonyl (C=O) groups excluding carboxylic acids is 1. The summed E-state index contributed by atoms with van der Waals surface area (Å²) in [6, 6.07) is 12.9. The number of hydrogen-bond acceptors (Lipinski definition) is 4. The van der Waals surface area contributed by atoms with Crippen molar-refractivity contribution in [3.05, 3.63) is 53.6 Å². The Bertz CT molecular complexity index is 743. The van der Waals surface area contributed by atoms with E-state index in [1.54, 1.807) is 19.2 Å². The van der Waals surface area contributed by atoms with Gasteiger partial charge in [-0.3, -0.25) is 4.79 Å². The lowest BCUT2D eigenvalue weighted by Crippen LogP contribution is -2.23. The zero-order valence-electron chi connectivity index (χ0n) is 16.6. The molecule has 1 N–H and O–H groups in total. The van der Waals surface area contributed by atoms with Gasteiger partial charge in [0.05, 0.1) is 25.9 Å². The van der Waals surface area contributed by atoms with Crippen molar-refractivity contribution < 1.29 is 19.0 Å². The van der Waals surface area contributed by atoms with Crippen molar-refractivity contribution in [2.24, 2.45) is 5.92 Å². The molecule has 0 unspecified atom stereocenters. The monoisotopic (exact) mass is 371 g/mol. The molecule has 0 aliphatic rings. The Morgan fingerprint density at radius 3 is 2.52 bits per heavy atom. The van der Waals surface area contributed by atoms with Crippen LogP contribution in [-0.4, -0.2) is 26.2 Å². The lowest BCUT2D eigenvalue weighted by Gasteiger charge is -2.14. The van der Waals surface area contributed by atoms with Crippen LogP contribution in [0.15, 0.2) is 42.5 Å². The third-order valence-corrected chi connectivity index (χ3v) is 4.07. The van der Waals surface area contributed by atoms with Crippen LogP contribution in [-0.2, 0) is 6.54 Å². The largest absolute Gasteiger partial charge is 0.493 e. The number of amides is 1. The van der Waals surface area contributed by atoms with E-state index in [2.05, 4.69) is 19.2 Å². The highest BCUT2D eigenvalue weighted by molar-refractivity contribution is 5.96. The van der Waals surface area contributed by atoms with E-state index in [0.29, 0.717) is 42.7 Å². The maximum Gasteiger partial charge on any atom is 0.255 e. The van der Waals surface area contributed by atoms with Crippen molar-refractivity contribution in [1.29, 1.82) is 0 Å². The summed E-state index contributed by atoms with van der Waals surface area (Å²) >= 11 is 0. The predicted molar refractivity (Wildman–Crippen MR) is 107 cm³/mol. The van der Waals surface area contributed by atoms with Gasteiger partial charge >= 0.3 is 0 Å². The summed E-state index contributed by atoms with van der Waals surface area (Å²) < 4.78 is 16.8. The Kier molecular flexibility index (Phi) is 7.99. The van der Waals surface area contributed by atoms with Gasteiger partial charge in [-0.15, -0.1) is 0 Å². The summed E-state index contributed by atoms with van der Waals surface area (Å²) in [5.41, 5.74) is 1.46. The first kappa shape index (κ1) is 20.6. The Morgan fingerprint density at radius 2 is 1.81 bits per heavy atom. The van der Waals surface area contributed by atoms with E-state index < -0.39 is 0 Å². The minimum absolute atomic E-state index is 0.171. The zero-order chi connectivity index (χ0) is 19.6. The van der Waals surface area contributed by atoms with E-state index in [1.807, 2.05) is 37.3 Å². The normalized spacial score (nSPS) is 10.6.